The van der Waals surface area contributed by atoms with Crippen molar-refractivity contribution >= 4 is 11.8 Å². The van der Waals surface area contributed by atoms with Crippen LogP contribution in [0.1, 0.15) is 19.3 Å². The van der Waals surface area contributed by atoms with Gasteiger partial charge in [-0.1, -0.05) is 0 Å². The Morgan fingerprint density at radius 2 is 2.11 bits per heavy atom. The summed E-state index contributed by atoms with van der Waals surface area (Å²) in [6, 6.07) is 0. The van der Waals surface area contributed by atoms with E-state index in [1.807, 2.05) is 4.90 Å². The highest BCUT2D eigenvalue weighted by Gasteiger charge is 2.35. The second-order valence-corrected chi connectivity index (χ2v) is 5.73. The van der Waals surface area contributed by atoms with Gasteiger partial charge in [-0.3, -0.25) is 9.59 Å². The molecule has 0 aromatic carbocycles. The lowest BCUT2D eigenvalue weighted by Crippen LogP contribution is -2.47. The summed E-state index contributed by atoms with van der Waals surface area (Å²) in [5.74, 6) is 1.65. The average Bonchev–Trinajstić information content (AvgIpc) is 2.98. The van der Waals surface area contributed by atoms with Crippen LogP contribution in [0.4, 0.5) is 0 Å². The minimum Gasteiger partial charge on any atom is -0.341 e. The number of likely N-dealkylation sites (tertiary alicyclic amines) is 2. The first-order valence-corrected chi connectivity index (χ1v) is 7.00. The van der Waals surface area contributed by atoms with Crippen LogP contribution in [-0.2, 0) is 9.59 Å². The third-order valence-corrected chi connectivity index (χ3v) is 4.55. The maximum Gasteiger partial charge on any atom is 0.242 e. The van der Waals surface area contributed by atoms with E-state index in [4.69, 9.17) is 0 Å². The number of nitrogens with one attached hydrogen (secondary N) is 1. The Morgan fingerprint density at radius 3 is 2.89 bits per heavy atom. The molecule has 0 aliphatic carbocycles. The summed E-state index contributed by atoms with van der Waals surface area (Å²) in [4.78, 5) is 27.4. The van der Waals surface area contributed by atoms with Crippen molar-refractivity contribution in [3.8, 4) is 0 Å². The second kappa shape index (κ2) is 4.88. The van der Waals surface area contributed by atoms with Gasteiger partial charge in [0.1, 0.15) is 0 Å². The van der Waals surface area contributed by atoms with Gasteiger partial charge in [-0.2, -0.15) is 0 Å². The van der Waals surface area contributed by atoms with E-state index in [1.54, 1.807) is 4.90 Å². The molecule has 3 fully saturated rings. The number of hydrogen-bond donors (Lipinski definition) is 1. The first-order chi connectivity index (χ1) is 8.74. The van der Waals surface area contributed by atoms with E-state index in [-0.39, 0.29) is 11.8 Å². The van der Waals surface area contributed by atoms with Gasteiger partial charge in [0.25, 0.3) is 0 Å². The Morgan fingerprint density at radius 1 is 1.28 bits per heavy atom. The molecule has 2 unspecified atom stereocenters. The lowest BCUT2D eigenvalue weighted by atomic mass is 9.89. The Kier molecular flexibility index (Phi) is 3.24. The molecule has 3 aliphatic rings. The Balaban J connectivity index is 1.54. The predicted octanol–water partition coefficient (Wildman–Crippen LogP) is -0.323. The van der Waals surface area contributed by atoms with Crippen molar-refractivity contribution in [3.63, 3.8) is 0 Å². The Bertz CT molecular complexity index is 358. The average molecular weight is 251 g/mol. The predicted molar refractivity (Wildman–Crippen MR) is 66.9 cm³/mol. The molecule has 3 rings (SSSR count). The summed E-state index contributed by atoms with van der Waals surface area (Å²) in [7, 11) is 0. The molecule has 0 bridgehead atoms. The highest BCUT2D eigenvalue weighted by molar-refractivity contribution is 5.85. The SMILES string of the molecule is O=C1CCCN1CC(=O)N1CCC2CNCC2C1. The fraction of sp³-hybridized carbons (Fsp3) is 0.846. The molecular weight excluding hydrogens is 230 g/mol. The van der Waals surface area contributed by atoms with Gasteiger partial charge in [-0.15, -0.1) is 0 Å². The maximum absolute atomic E-state index is 12.2. The van der Waals surface area contributed by atoms with E-state index in [9.17, 15) is 9.59 Å². The molecule has 2 atom stereocenters. The van der Waals surface area contributed by atoms with Crippen LogP contribution in [0.2, 0.25) is 0 Å². The zero-order chi connectivity index (χ0) is 12.5. The number of fused-ring (bicyclic) bond motifs is 1. The third kappa shape index (κ3) is 2.23. The fourth-order valence-corrected chi connectivity index (χ4v) is 3.40. The van der Waals surface area contributed by atoms with Crippen LogP contribution in [0.3, 0.4) is 0 Å². The van der Waals surface area contributed by atoms with Gasteiger partial charge in [-0.25, -0.2) is 0 Å². The largest absolute Gasteiger partial charge is 0.341 e. The van der Waals surface area contributed by atoms with Crippen LogP contribution in [0, 0.1) is 11.8 Å². The monoisotopic (exact) mass is 251 g/mol. The van der Waals surface area contributed by atoms with Crippen LogP contribution in [0.5, 0.6) is 0 Å². The van der Waals surface area contributed by atoms with Gasteiger partial charge < -0.3 is 15.1 Å². The molecule has 0 radical (unpaired) electrons. The van der Waals surface area contributed by atoms with Gasteiger partial charge in [0.05, 0.1) is 6.54 Å². The molecule has 2 amide bonds. The summed E-state index contributed by atoms with van der Waals surface area (Å²) < 4.78 is 0. The quantitative estimate of drug-likeness (QED) is 0.731. The minimum atomic E-state index is 0.135. The molecule has 3 heterocycles. The van der Waals surface area contributed by atoms with E-state index in [1.165, 1.54) is 0 Å². The number of hydrogen-bond acceptors (Lipinski definition) is 3. The molecule has 0 spiro atoms. The van der Waals surface area contributed by atoms with Crippen LogP contribution in [0.15, 0.2) is 0 Å². The number of nitrogens with zero attached hydrogens (tertiary/aromatic N) is 2. The van der Waals surface area contributed by atoms with Gasteiger partial charge in [0.2, 0.25) is 11.8 Å². The van der Waals surface area contributed by atoms with Crippen molar-refractivity contribution < 1.29 is 9.59 Å². The van der Waals surface area contributed by atoms with Crippen molar-refractivity contribution in [2.75, 3.05) is 39.3 Å². The lowest BCUT2D eigenvalue weighted by molar-refractivity contribution is -0.139. The van der Waals surface area contributed by atoms with Crippen LogP contribution >= 0.6 is 0 Å². The molecule has 3 aliphatic heterocycles. The summed E-state index contributed by atoms with van der Waals surface area (Å²) in [6.07, 6.45) is 2.62. The molecule has 100 valence electrons. The topological polar surface area (TPSA) is 52.7 Å². The van der Waals surface area contributed by atoms with E-state index >= 15 is 0 Å². The smallest absolute Gasteiger partial charge is 0.242 e. The van der Waals surface area contributed by atoms with Gasteiger partial charge >= 0.3 is 0 Å². The molecule has 3 saturated heterocycles. The van der Waals surface area contributed by atoms with E-state index < -0.39 is 0 Å². The van der Waals surface area contributed by atoms with Gasteiger partial charge in [-0.05, 0) is 37.8 Å². The van der Waals surface area contributed by atoms with Crippen molar-refractivity contribution in [2.24, 2.45) is 11.8 Å². The highest BCUT2D eigenvalue weighted by atomic mass is 16.2. The Labute approximate surface area is 107 Å². The fourth-order valence-electron chi connectivity index (χ4n) is 3.40. The van der Waals surface area contributed by atoms with Crippen LogP contribution in [-0.4, -0.2) is 60.9 Å². The zero-order valence-corrected chi connectivity index (χ0v) is 10.7. The molecule has 0 aromatic heterocycles. The highest BCUT2D eigenvalue weighted by Crippen LogP contribution is 2.26. The molecule has 5 nitrogen and oxygen atoms in total. The maximum atomic E-state index is 12.2. The lowest BCUT2D eigenvalue weighted by Gasteiger charge is -2.35. The minimum absolute atomic E-state index is 0.135. The van der Waals surface area contributed by atoms with E-state index in [0.717, 1.165) is 51.5 Å². The normalized spacial score (nSPS) is 31.9. The molecular formula is C13H21N3O2. The molecule has 1 N–H and O–H groups in total. The number of amides is 2. The molecule has 5 heteroatoms. The second-order valence-electron chi connectivity index (χ2n) is 5.73. The molecule has 18 heavy (non-hydrogen) atoms. The first kappa shape index (κ1) is 12.0. The standard InChI is InChI=1S/C13H21N3O2/c17-12-2-1-4-15(12)9-13(18)16-5-3-10-6-14-7-11(10)8-16/h10-11,14H,1-9H2. The third-order valence-electron chi connectivity index (χ3n) is 4.55. The first-order valence-electron chi connectivity index (χ1n) is 7.00. The molecule has 0 saturated carbocycles. The van der Waals surface area contributed by atoms with E-state index in [2.05, 4.69) is 5.32 Å². The van der Waals surface area contributed by atoms with Crippen LogP contribution < -0.4 is 5.32 Å². The summed E-state index contributed by atoms with van der Waals surface area (Å²) in [6.45, 7) is 4.94. The van der Waals surface area contributed by atoms with Crippen molar-refractivity contribution in [2.45, 2.75) is 19.3 Å². The summed E-state index contributed by atoms with van der Waals surface area (Å²) in [5.41, 5.74) is 0. The number of piperidine rings is 1. The zero-order valence-electron chi connectivity index (χ0n) is 10.7. The summed E-state index contributed by atoms with van der Waals surface area (Å²) in [5, 5.41) is 3.40. The van der Waals surface area contributed by atoms with Gasteiger partial charge in [0.15, 0.2) is 0 Å². The molecule has 0 aromatic rings. The summed E-state index contributed by atoms with van der Waals surface area (Å²) >= 11 is 0. The van der Waals surface area contributed by atoms with Crippen molar-refractivity contribution in [1.29, 1.82) is 0 Å². The number of rotatable bonds is 2. The van der Waals surface area contributed by atoms with E-state index in [0.29, 0.717) is 18.9 Å². The van der Waals surface area contributed by atoms with Gasteiger partial charge in [0, 0.05) is 26.1 Å². The Hall–Kier alpha value is -1.10. The van der Waals surface area contributed by atoms with Crippen molar-refractivity contribution in [3.05, 3.63) is 0 Å². The van der Waals surface area contributed by atoms with Crippen LogP contribution in [0.25, 0.3) is 0 Å². The van der Waals surface area contributed by atoms with Crippen molar-refractivity contribution in [1.82, 2.24) is 15.1 Å². The number of carbonyl (C=O) groups excluding carboxylic acids is 2. The number of carbonyl (C=O) groups is 2.